The number of ether oxygens (including phenoxy) is 1. The minimum absolute atomic E-state index is 0.226. The first-order valence-corrected chi connectivity index (χ1v) is 11.1. The molecule has 0 amide bonds. The molecule has 5 heteroatoms. The van der Waals surface area contributed by atoms with E-state index in [1.807, 2.05) is 6.20 Å². The summed E-state index contributed by atoms with van der Waals surface area (Å²) in [4.78, 5) is 4.54. The van der Waals surface area contributed by atoms with Crippen LogP contribution in [0.15, 0.2) is 52.7 Å². The van der Waals surface area contributed by atoms with E-state index in [4.69, 9.17) is 4.74 Å². The third-order valence-electron chi connectivity index (χ3n) is 4.88. The quantitative estimate of drug-likeness (QED) is 0.549. The van der Waals surface area contributed by atoms with Crippen LogP contribution < -0.4 is 10.1 Å². The Morgan fingerprint density at radius 1 is 1.15 bits per heavy atom. The summed E-state index contributed by atoms with van der Waals surface area (Å²) in [6.07, 6.45) is 8.18. The molecule has 1 aliphatic carbocycles. The van der Waals surface area contributed by atoms with Gasteiger partial charge in [-0.05, 0) is 60.6 Å². The standard InChI is InChI=1S/C21H24N2OS2/c1-4-8-20(24-18-6-2-3-7-18)17(5-1)14-23-19(21-22-10-12-26-21)13-16-9-11-25-15-16/h1,4-5,8-12,15,18-19,23H,2-3,6-7,13-14H2/t19-/m1/s1. The van der Waals surface area contributed by atoms with Crippen molar-refractivity contribution in [3.8, 4) is 5.75 Å². The Balaban J connectivity index is 1.45. The van der Waals surface area contributed by atoms with Gasteiger partial charge >= 0.3 is 0 Å². The lowest BCUT2D eigenvalue weighted by molar-refractivity contribution is 0.207. The molecule has 2 heterocycles. The van der Waals surface area contributed by atoms with Crippen molar-refractivity contribution in [2.24, 2.45) is 0 Å². The SMILES string of the molecule is c1ccc(OC2CCCC2)c(CN[C@H](Cc2ccsc2)c2nccs2)c1. The molecular weight excluding hydrogens is 360 g/mol. The normalized spacial score (nSPS) is 16.0. The van der Waals surface area contributed by atoms with Crippen molar-refractivity contribution in [2.75, 3.05) is 0 Å². The zero-order valence-electron chi connectivity index (χ0n) is 14.8. The average Bonchev–Trinajstić information content (AvgIpc) is 3.42. The number of thiophene rings is 1. The molecule has 1 fully saturated rings. The van der Waals surface area contributed by atoms with Crippen molar-refractivity contribution in [3.05, 3.63) is 68.8 Å². The predicted molar refractivity (Wildman–Crippen MR) is 109 cm³/mol. The van der Waals surface area contributed by atoms with E-state index in [-0.39, 0.29) is 6.04 Å². The fraction of sp³-hybridized carbons (Fsp3) is 0.381. The molecule has 26 heavy (non-hydrogen) atoms. The van der Waals surface area contributed by atoms with Gasteiger partial charge < -0.3 is 10.1 Å². The van der Waals surface area contributed by atoms with Gasteiger partial charge in [-0.2, -0.15) is 11.3 Å². The molecule has 1 aliphatic rings. The summed E-state index contributed by atoms with van der Waals surface area (Å²) in [6, 6.07) is 10.9. The van der Waals surface area contributed by atoms with Gasteiger partial charge in [-0.15, -0.1) is 11.3 Å². The van der Waals surface area contributed by atoms with E-state index in [9.17, 15) is 0 Å². The minimum Gasteiger partial charge on any atom is -0.490 e. The lowest BCUT2D eigenvalue weighted by atomic mass is 10.1. The first-order chi connectivity index (χ1) is 12.9. The van der Waals surface area contributed by atoms with E-state index < -0.39 is 0 Å². The Labute approximate surface area is 163 Å². The van der Waals surface area contributed by atoms with Gasteiger partial charge in [0.1, 0.15) is 10.8 Å². The fourth-order valence-electron chi connectivity index (χ4n) is 3.48. The average molecular weight is 385 g/mol. The molecule has 3 aromatic rings. The lowest BCUT2D eigenvalue weighted by Gasteiger charge is -2.20. The van der Waals surface area contributed by atoms with Crippen molar-refractivity contribution in [1.29, 1.82) is 0 Å². The largest absolute Gasteiger partial charge is 0.490 e. The van der Waals surface area contributed by atoms with E-state index in [1.165, 1.54) is 36.8 Å². The second-order valence-corrected chi connectivity index (χ2v) is 8.48. The number of hydrogen-bond donors (Lipinski definition) is 1. The van der Waals surface area contributed by atoms with Crippen molar-refractivity contribution >= 4 is 22.7 Å². The Hall–Kier alpha value is -1.69. The van der Waals surface area contributed by atoms with Crippen LogP contribution in [0.2, 0.25) is 0 Å². The van der Waals surface area contributed by atoms with Crippen molar-refractivity contribution in [1.82, 2.24) is 10.3 Å². The molecule has 0 spiro atoms. The lowest BCUT2D eigenvalue weighted by Crippen LogP contribution is -2.23. The number of nitrogens with zero attached hydrogens (tertiary/aromatic N) is 1. The summed E-state index contributed by atoms with van der Waals surface area (Å²) in [7, 11) is 0. The van der Waals surface area contributed by atoms with Gasteiger partial charge in [-0.1, -0.05) is 18.2 Å². The van der Waals surface area contributed by atoms with Crippen LogP contribution in [-0.2, 0) is 13.0 Å². The summed E-state index contributed by atoms with van der Waals surface area (Å²) in [5.41, 5.74) is 2.59. The highest BCUT2D eigenvalue weighted by molar-refractivity contribution is 7.09. The van der Waals surface area contributed by atoms with E-state index in [0.29, 0.717) is 6.10 Å². The van der Waals surface area contributed by atoms with Crippen molar-refractivity contribution in [3.63, 3.8) is 0 Å². The summed E-state index contributed by atoms with van der Waals surface area (Å²) in [5, 5.41) is 11.3. The summed E-state index contributed by atoms with van der Waals surface area (Å²) in [6.45, 7) is 0.789. The second-order valence-electron chi connectivity index (χ2n) is 6.77. The van der Waals surface area contributed by atoms with Crippen LogP contribution in [0.25, 0.3) is 0 Å². The van der Waals surface area contributed by atoms with Crippen LogP contribution in [-0.4, -0.2) is 11.1 Å². The van der Waals surface area contributed by atoms with E-state index in [0.717, 1.165) is 23.7 Å². The first-order valence-electron chi connectivity index (χ1n) is 9.27. The maximum Gasteiger partial charge on any atom is 0.124 e. The topological polar surface area (TPSA) is 34.1 Å². The van der Waals surface area contributed by atoms with E-state index in [2.05, 4.69) is 56.8 Å². The van der Waals surface area contributed by atoms with Gasteiger partial charge in [-0.3, -0.25) is 0 Å². The van der Waals surface area contributed by atoms with Crippen LogP contribution in [0, 0.1) is 0 Å². The maximum absolute atomic E-state index is 6.28. The van der Waals surface area contributed by atoms with Gasteiger partial charge in [0.2, 0.25) is 0 Å². The van der Waals surface area contributed by atoms with Gasteiger partial charge in [0.15, 0.2) is 0 Å². The van der Waals surface area contributed by atoms with Crippen LogP contribution in [0.5, 0.6) is 5.75 Å². The highest BCUT2D eigenvalue weighted by atomic mass is 32.1. The summed E-state index contributed by atoms with van der Waals surface area (Å²) >= 11 is 3.47. The number of aromatic nitrogens is 1. The van der Waals surface area contributed by atoms with Gasteiger partial charge in [-0.25, -0.2) is 4.98 Å². The Kier molecular flexibility index (Phi) is 5.99. The number of nitrogens with one attached hydrogen (secondary N) is 1. The Morgan fingerprint density at radius 3 is 2.81 bits per heavy atom. The van der Waals surface area contributed by atoms with Crippen LogP contribution in [0.4, 0.5) is 0 Å². The molecule has 2 aromatic heterocycles. The third kappa shape index (κ3) is 4.53. The molecule has 0 aliphatic heterocycles. The molecule has 4 rings (SSSR count). The van der Waals surface area contributed by atoms with Gasteiger partial charge in [0.25, 0.3) is 0 Å². The monoisotopic (exact) mass is 384 g/mol. The van der Waals surface area contributed by atoms with Crippen molar-refractivity contribution in [2.45, 2.75) is 50.8 Å². The highest BCUT2D eigenvalue weighted by Gasteiger charge is 2.19. The summed E-state index contributed by atoms with van der Waals surface area (Å²) in [5.74, 6) is 1.03. The number of para-hydroxylation sites is 1. The third-order valence-corrected chi connectivity index (χ3v) is 6.50. The highest BCUT2D eigenvalue weighted by Crippen LogP contribution is 2.28. The summed E-state index contributed by atoms with van der Waals surface area (Å²) < 4.78 is 6.28. The Bertz CT molecular complexity index is 780. The van der Waals surface area contributed by atoms with E-state index in [1.54, 1.807) is 22.7 Å². The molecule has 1 aromatic carbocycles. The fourth-order valence-corrected chi connectivity index (χ4v) is 4.88. The molecule has 0 unspecified atom stereocenters. The number of hydrogen-bond acceptors (Lipinski definition) is 5. The zero-order chi connectivity index (χ0) is 17.6. The van der Waals surface area contributed by atoms with Crippen LogP contribution >= 0.6 is 22.7 Å². The number of thiazole rings is 1. The molecule has 3 nitrogen and oxygen atoms in total. The molecule has 1 atom stereocenters. The molecule has 0 radical (unpaired) electrons. The predicted octanol–water partition coefficient (Wildman–Crippen LogP) is 5.60. The maximum atomic E-state index is 6.28. The smallest absolute Gasteiger partial charge is 0.124 e. The van der Waals surface area contributed by atoms with Gasteiger partial charge in [0, 0.05) is 23.7 Å². The molecule has 1 N–H and O–H groups in total. The zero-order valence-corrected chi connectivity index (χ0v) is 16.4. The van der Waals surface area contributed by atoms with E-state index >= 15 is 0 Å². The number of rotatable bonds is 8. The van der Waals surface area contributed by atoms with Crippen LogP contribution in [0.1, 0.15) is 47.9 Å². The molecule has 0 saturated heterocycles. The molecule has 0 bridgehead atoms. The second kappa shape index (κ2) is 8.80. The minimum atomic E-state index is 0.226. The first kappa shape index (κ1) is 17.7. The number of benzene rings is 1. The van der Waals surface area contributed by atoms with Crippen LogP contribution in [0.3, 0.4) is 0 Å². The molecular formula is C21H24N2OS2. The molecule has 1 saturated carbocycles. The van der Waals surface area contributed by atoms with Gasteiger partial charge in [0.05, 0.1) is 12.1 Å². The molecule has 136 valence electrons. The van der Waals surface area contributed by atoms with Crippen molar-refractivity contribution < 1.29 is 4.74 Å². The Morgan fingerprint density at radius 2 is 2.04 bits per heavy atom.